The van der Waals surface area contributed by atoms with E-state index in [1.165, 1.54) is 24.5 Å². The predicted molar refractivity (Wildman–Crippen MR) is 64.9 cm³/mol. The number of rotatable bonds is 2. The van der Waals surface area contributed by atoms with Crippen LogP contribution in [0.3, 0.4) is 0 Å². The summed E-state index contributed by atoms with van der Waals surface area (Å²) in [6, 6.07) is 5.84. The summed E-state index contributed by atoms with van der Waals surface area (Å²) in [4.78, 5) is 15.0. The molecule has 2 nitrogen and oxygen atoms in total. The number of nitrogens with zero attached hydrogens (tertiary/aromatic N) is 1. The van der Waals surface area contributed by atoms with Gasteiger partial charge in [-0.3, -0.25) is 9.78 Å². The molecule has 98 valence electrons. The van der Waals surface area contributed by atoms with Crippen molar-refractivity contribution in [2.24, 2.45) is 0 Å². The van der Waals surface area contributed by atoms with Crippen molar-refractivity contribution in [1.29, 1.82) is 0 Å². The van der Waals surface area contributed by atoms with Gasteiger partial charge in [-0.15, -0.1) is 0 Å². The average molecular weight is 286 g/mol. The van der Waals surface area contributed by atoms with E-state index in [4.69, 9.17) is 11.6 Å². The van der Waals surface area contributed by atoms with Gasteiger partial charge < -0.3 is 0 Å². The summed E-state index contributed by atoms with van der Waals surface area (Å²) in [5.41, 5.74) is -0.218. The summed E-state index contributed by atoms with van der Waals surface area (Å²) in [6.45, 7) is 0. The molecule has 1 aromatic heterocycles. The zero-order chi connectivity index (χ0) is 14.0. The van der Waals surface area contributed by atoms with E-state index in [0.29, 0.717) is 5.56 Å². The molecule has 0 fully saturated rings. The van der Waals surface area contributed by atoms with E-state index in [1.54, 1.807) is 0 Å². The third kappa shape index (κ3) is 2.93. The second-order valence-electron chi connectivity index (χ2n) is 3.77. The average Bonchev–Trinajstić information content (AvgIpc) is 2.38. The summed E-state index contributed by atoms with van der Waals surface area (Å²) in [5, 5.41) is -0.805. The second-order valence-corrected chi connectivity index (χ2v) is 4.11. The van der Waals surface area contributed by atoms with Crippen molar-refractivity contribution in [1.82, 2.24) is 4.98 Å². The van der Waals surface area contributed by atoms with Gasteiger partial charge in [-0.05, 0) is 53.1 Å². The molecule has 2 rings (SSSR count). The molecule has 0 aliphatic carbocycles. The molecule has 6 heteroatoms. The van der Waals surface area contributed by atoms with Gasteiger partial charge in [0, 0.05) is 18.0 Å². The quantitative estimate of drug-likeness (QED) is 0.776. The number of alkyl halides is 3. The van der Waals surface area contributed by atoms with Gasteiger partial charge in [0.1, 0.15) is 0 Å². The highest BCUT2D eigenvalue weighted by molar-refractivity contribution is 6.68. The Morgan fingerprint density at radius 1 is 1.11 bits per heavy atom. The molecule has 0 radical (unpaired) electrons. The van der Waals surface area contributed by atoms with Crippen LogP contribution in [0.15, 0.2) is 42.7 Å². The highest BCUT2D eigenvalue weighted by atomic mass is 35.5. The normalized spacial score (nSPS) is 11.4. The molecule has 0 aliphatic rings. The zero-order valence-corrected chi connectivity index (χ0v) is 10.2. The van der Waals surface area contributed by atoms with Gasteiger partial charge in [0.2, 0.25) is 0 Å². The molecule has 0 N–H and O–H groups in total. The lowest BCUT2D eigenvalue weighted by atomic mass is 9.98. The summed E-state index contributed by atoms with van der Waals surface area (Å²) in [7, 11) is 0. The molecule has 0 bridgehead atoms. The summed E-state index contributed by atoms with van der Waals surface area (Å²) in [5.74, 6) is 0. The fourth-order valence-corrected chi connectivity index (χ4v) is 1.83. The molecule has 19 heavy (non-hydrogen) atoms. The van der Waals surface area contributed by atoms with Crippen LogP contribution in [0, 0.1) is 0 Å². The van der Waals surface area contributed by atoms with Gasteiger partial charge in [-0.2, -0.15) is 13.2 Å². The Morgan fingerprint density at radius 2 is 1.74 bits per heavy atom. The molecule has 0 unspecified atom stereocenters. The Balaban J connectivity index is 2.65. The number of carbonyl (C=O) groups is 1. The molecule has 1 heterocycles. The third-order valence-corrected chi connectivity index (χ3v) is 2.75. The Morgan fingerprint density at radius 3 is 2.26 bits per heavy atom. The monoisotopic (exact) mass is 285 g/mol. The van der Waals surface area contributed by atoms with Gasteiger partial charge in [0.15, 0.2) is 0 Å². The lowest BCUT2D eigenvalue weighted by Gasteiger charge is -2.11. The van der Waals surface area contributed by atoms with Crippen LogP contribution in [0.5, 0.6) is 0 Å². The summed E-state index contributed by atoms with van der Waals surface area (Å²) >= 11 is 5.39. The number of carbonyl (C=O) groups excluding carboxylic acids is 1. The first-order chi connectivity index (χ1) is 8.89. The minimum absolute atomic E-state index is 0.0286. The maximum Gasteiger partial charge on any atom is 0.416 e. The van der Waals surface area contributed by atoms with Crippen molar-refractivity contribution < 1.29 is 18.0 Å². The first-order valence-electron chi connectivity index (χ1n) is 5.21. The van der Waals surface area contributed by atoms with Crippen molar-refractivity contribution >= 4 is 16.8 Å². The Kier molecular flexibility index (Phi) is 3.57. The van der Waals surface area contributed by atoms with Crippen molar-refractivity contribution in [3.63, 3.8) is 0 Å². The minimum Gasteiger partial charge on any atom is -0.276 e. The molecule has 0 aliphatic heterocycles. The lowest BCUT2D eigenvalue weighted by molar-refractivity contribution is -0.137. The zero-order valence-electron chi connectivity index (χ0n) is 9.41. The standard InChI is InChI=1S/C13H7ClF3NO/c14-12(19)10-2-1-9(13(15,16)17)7-11(10)8-3-5-18-6-4-8/h1-7H. The van der Waals surface area contributed by atoms with Gasteiger partial charge >= 0.3 is 6.18 Å². The topological polar surface area (TPSA) is 30.0 Å². The minimum atomic E-state index is -4.48. The van der Waals surface area contributed by atoms with Crippen LogP contribution in [0.4, 0.5) is 13.2 Å². The van der Waals surface area contributed by atoms with Crippen LogP contribution >= 0.6 is 11.6 Å². The van der Waals surface area contributed by atoms with Crippen LogP contribution in [-0.4, -0.2) is 10.2 Å². The molecular formula is C13H7ClF3NO. The molecule has 0 amide bonds. The van der Waals surface area contributed by atoms with E-state index in [2.05, 4.69) is 4.98 Å². The van der Waals surface area contributed by atoms with E-state index in [1.807, 2.05) is 0 Å². The Bertz CT molecular complexity index is 611. The number of pyridine rings is 1. The lowest BCUT2D eigenvalue weighted by Crippen LogP contribution is -2.06. The number of hydrogen-bond acceptors (Lipinski definition) is 2. The van der Waals surface area contributed by atoms with Crippen molar-refractivity contribution in [3.05, 3.63) is 53.9 Å². The van der Waals surface area contributed by atoms with E-state index >= 15 is 0 Å². The van der Waals surface area contributed by atoms with Crippen LogP contribution in [-0.2, 0) is 6.18 Å². The molecule has 2 aromatic rings. The number of halogens is 4. The molecule has 0 spiro atoms. The number of aromatic nitrogens is 1. The van der Waals surface area contributed by atoms with Crippen molar-refractivity contribution in [3.8, 4) is 11.1 Å². The predicted octanol–water partition coefficient (Wildman–Crippen LogP) is 4.15. The number of hydrogen-bond donors (Lipinski definition) is 0. The molecular weight excluding hydrogens is 279 g/mol. The van der Waals surface area contributed by atoms with E-state index in [0.717, 1.165) is 18.2 Å². The van der Waals surface area contributed by atoms with Gasteiger partial charge in [0.05, 0.1) is 5.56 Å². The molecule has 1 aromatic carbocycles. The third-order valence-electron chi connectivity index (χ3n) is 2.55. The fourth-order valence-electron chi connectivity index (χ4n) is 1.66. The first kappa shape index (κ1) is 13.5. The van der Waals surface area contributed by atoms with Crippen molar-refractivity contribution in [2.75, 3.05) is 0 Å². The van der Waals surface area contributed by atoms with Crippen LogP contribution in [0.2, 0.25) is 0 Å². The Labute approximate surface area is 111 Å². The van der Waals surface area contributed by atoms with Crippen molar-refractivity contribution in [2.45, 2.75) is 6.18 Å². The molecule has 0 saturated carbocycles. The Hall–Kier alpha value is -1.88. The van der Waals surface area contributed by atoms with Crippen LogP contribution < -0.4 is 0 Å². The summed E-state index contributed by atoms with van der Waals surface area (Å²) in [6.07, 6.45) is -1.62. The molecule has 0 atom stereocenters. The number of benzene rings is 1. The largest absolute Gasteiger partial charge is 0.416 e. The molecule has 0 saturated heterocycles. The fraction of sp³-hybridized carbons (Fsp3) is 0.0769. The SMILES string of the molecule is O=C(Cl)c1ccc(C(F)(F)F)cc1-c1ccncc1. The van der Waals surface area contributed by atoms with E-state index in [9.17, 15) is 18.0 Å². The highest BCUT2D eigenvalue weighted by Gasteiger charge is 2.31. The van der Waals surface area contributed by atoms with Crippen LogP contribution in [0.1, 0.15) is 15.9 Å². The second kappa shape index (κ2) is 5.01. The first-order valence-corrected chi connectivity index (χ1v) is 5.59. The highest BCUT2D eigenvalue weighted by Crippen LogP contribution is 2.34. The van der Waals surface area contributed by atoms with Gasteiger partial charge in [0.25, 0.3) is 5.24 Å². The van der Waals surface area contributed by atoms with E-state index < -0.39 is 17.0 Å². The maximum atomic E-state index is 12.7. The van der Waals surface area contributed by atoms with Crippen LogP contribution in [0.25, 0.3) is 11.1 Å². The van der Waals surface area contributed by atoms with Gasteiger partial charge in [-0.25, -0.2) is 0 Å². The maximum absolute atomic E-state index is 12.7. The summed E-state index contributed by atoms with van der Waals surface area (Å²) < 4.78 is 38.1. The van der Waals surface area contributed by atoms with Gasteiger partial charge in [-0.1, -0.05) is 0 Å². The van der Waals surface area contributed by atoms with E-state index in [-0.39, 0.29) is 11.1 Å². The smallest absolute Gasteiger partial charge is 0.276 e.